The minimum absolute atomic E-state index is 0.00894. The van der Waals surface area contributed by atoms with Gasteiger partial charge in [0.15, 0.2) is 5.65 Å². The van der Waals surface area contributed by atoms with Gasteiger partial charge in [0.25, 0.3) is 6.43 Å². The highest BCUT2D eigenvalue weighted by Crippen LogP contribution is 2.41. The molecule has 29 heavy (non-hydrogen) atoms. The lowest BCUT2D eigenvalue weighted by atomic mass is 9.73. The summed E-state index contributed by atoms with van der Waals surface area (Å²) in [6.45, 7) is 7.93. The van der Waals surface area contributed by atoms with Crippen molar-refractivity contribution in [2.75, 3.05) is 31.1 Å². The average molecular weight is 408 g/mol. The Bertz CT molecular complexity index is 904. The van der Waals surface area contributed by atoms with E-state index in [0.717, 1.165) is 25.9 Å². The maximum absolute atomic E-state index is 12.7. The van der Waals surface area contributed by atoms with Crippen molar-refractivity contribution < 1.29 is 18.3 Å². The number of hydrogen-bond acceptors (Lipinski definition) is 6. The molecule has 0 unspecified atom stereocenters. The Morgan fingerprint density at radius 2 is 2.03 bits per heavy atom. The quantitative estimate of drug-likeness (QED) is 0.777. The predicted octanol–water partition coefficient (Wildman–Crippen LogP) is 2.93. The maximum Gasteiger partial charge on any atom is 0.410 e. The molecule has 2 aliphatic heterocycles. The summed E-state index contributed by atoms with van der Waals surface area (Å²) in [5, 5.41) is 3.96. The second-order valence-electron chi connectivity index (χ2n) is 9.02. The monoisotopic (exact) mass is 408 g/mol. The molecule has 2 aromatic rings. The third-order valence-corrected chi connectivity index (χ3v) is 5.33. The predicted molar refractivity (Wildman–Crippen MR) is 103 cm³/mol. The molecular formula is C19H26F2N6O2. The molecule has 2 aromatic heterocycles. The van der Waals surface area contributed by atoms with Gasteiger partial charge < -0.3 is 14.5 Å². The zero-order valence-corrected chi connectivity index (χ0v) is 16.9. The van der Waals surface area contributed by atoms with Crippen LogP contribution in [0, 0.1) is 5.41 Å². The van der Waals surface area contributed by atoms with Crippen LogP contribution in [0.15, 0.2) is 12.4 Å². The molecule has 2 fully saturated rings. The lowest BCUT2D eigenvalue weighted by molar-refractivity contribution is -0.00155. The summed E-state index contributed by atoms with van der Waals surface area (Å²) in [5.74, 6) is 0.647. The molecule has 158 valence electrons. The number of ether oxygens (including phenoxy) is 1. The van der Waals surface area contributed by atoms with Gasteiger partial charge in [-0.2, -0.15) is 5.10 Å². The van der Waals surface area contributed by atoms with Crippen molar-refractivity contribution in [3.63, 3.8) is 0 Å². The standard InChI is InChI=1S/C19H26F2N6O2/c1-18(2,3)29-17(28)25-6-4-5-19(10-25)11-26(12-19)15-8-22-13-7-23-27(9-14(20)21)16(13)24-15/h7-8,14H,4-6,9-12H2,1-3H3. The van der Waals surface area contributed by atoms with Gasteiger partial charge in [0.1, 0.15) is 23.5 Å². The molecule has 1 spiro atoms. The lowest BCUT2D eigenvalue weighted by Gasteiger charge is -2.54. The van der Waals surface area contributed by atoms with E-state index in [4.69, 9.17) is 4.74 Å². The Labute approximate surface area is 167 Å². The van der Waals surface area contributed by atoms with Crippen molar-refractivity contribution in [3.05, 3.63) is 12.4 Å². The summed E-state index contributed by atoms with van der Waals surface area (Å²) in [5.41, 5.74) is 0.357. The molecule has 0 aliphatic carbocycles. The van der Waals surface area contributed by atoms with Gasteiger partial charge in [0, 0.05) is 31.6 Å². The van der Waals surface area contributed by atoms with E-state index in [1.807, 2.05) is 20.8 Å². The first kappa shape index (κ1) is 19.8. The Hall–Kier alpha value is -2.52. The Morgan fingerprint density at radius 1 is 1.28 bits per heavy atom. The van der Waals surface area contributed by atoms with Crippen LogP contribution in [-0.2, 0) is 11.3 Å². The van der Waals surface area contributed by atoms with Crippen molar-refractivity contribution in [1.82, 2.24) is 24.6 Å². The summed E-state index contributed by atoms with van der Waals surface area (Å²) < 4.78 is 32.2. The first-order valence-corrected chi connectivity index (χ1v) is 9.84. The van der Waals surface area contributed by atoms with Crippen LogP contribution in [0.1, 0.15) is 33.6 Å². The van der Waals surface area contributed by atoms with E-state index in [1.54, 1.807) is 11.1 Å². The van der Waals surface area contributed by atoms with Gasteiger partial charge >= 0.3 is 6.09 Å². The van der Waals surface area contributed by atoms with Crippen LogP contribution in [0.4, 0.5) is 19.4 Å². The molecule has 0 saturated carbocycles. The number of likely N-dealkylation sites (tertiary alicyclic amines) is 1. The number of anilines is 1. The van der Waals surface area contributed by atoms with Gasteiger partial charge in [0.2, 0.25) is 0 Å². The number of hydrogen-bond donors (Lipinski definition) is 0. The summed E-state index contributed by atoms with van der Waals surface area (Å²) in [7, 11) is 0. The largest absolute Gasteiger partial charge is 0.444 e. The number of fused-ring (bicyclic) bond motifs is 1. The van der Waals surface area contributed by atoms with Gasteiger partial charge in [-0.3, -0.25) is 0 Å². The number of halogens is 2. The molecule has 0 bridgehead atoms. The number of aromatic nitrogens is 4. The van der Waals surface area contributed by atoms with E-state index < -0.39 is 18.6 Å². The Morgan fingerprint density at radius 3 is 2.72 bits per heavy atom. The first-order chi connectivity index (χ1) is 13.6. The summed E-state index contributed by atoms with van der Waals surface area (Å²) in [4.78, 5) is 25.1. The molecule has 0 N–H and O–H groups in total. The molecule has 4 rings (SSSR count). The number of carbonyl (C=O) groups excluding carboxylic acids is 1. The first-order valence-electron chi connectivity index (χ1n) is 9.84. The molecule has 2 saturated heterocycles. The zero-order valence-electron chi connectivity index (χ0n) is 16.9. The summed E-state index contributed by atoms with van der Waals surface area (Å²) in [6.07, 6.45) is 2.29. The number of carbonyl (C=O) groups is 1. The maximum atomic E-state index is 12.7. The van der Waals surface area contributed by atoms with Gasteiger partial charge in [-0.15, -0.1) is 0 Å². The van der Waals surface area contributed by atoms with Crippen LogP contribution in [0.5, 0.6) is 0 Å². The number of rotatable bonds is 3. The summed E-state index contributed by atoms with van der Waals surface area (Å²) >= 11 is 0. The molecule has 0 radical (unpaired) electrons. The molecule has 10 heteroatoms. The van der Waals surface area contributed by atoms with Crippen LogP contribution in [-0.4, -0.2) is 68.9 Å². The van der Waals surface area contributed by atoms with E-state index in [9.17, 15) is 13.6 Å². The normalized spacial score (nSPS) is 19.1. The van der Waals surface area contributed by atoms with Crippen LogP contribution >= 0.6 is 0 Å². The fourth-order valence-electron chi connectivity index (χ4n) is 4.13. The molecule has 0 aromatic carbocycles. The van der Waals surface area contributed by atoms with Crippen molar-refractivity contribution in [1.29, 1.82) is 0 Å². The lowest BCUT2D eigenvalue weighted by Crippen LogP contribution is -2.64. The van der Waals surface area contributed by atoms with E-state index >= 15 is 0 Å². The third-order valence-electron chi connectivity index (χ3n) is 5.33. The Kier molecular flexibility index (Phi) is 4.82. The van der Waals surface area contributed by atoms with E-state index in [0.29, 0.717) is 30.1 Å². The molecule has 2 aliphatic rings. The highest BCUT2D eigenvalue weighted by atomic mass is 19.3. The molecule has 0 atom stereocenters. The van der Waals surface area contributed by atoms with Gasteiger partial charge in [-0.05, 0) is 33.6 Å². The molecule has 8 nitrogen and oxygen atoms in total. The van der Waals surface area contributed by atoms with Gasteiger partial charge in [-0.1, -0.05) is 0 Å². The second-order valence-corrected chi connectivity index (χ2v) is 9.02. The fourth-order valence-corrected chi connectivity index (χ4v) is 4.13. The van der Waals surface area contributed by atoms with E-state index in [2.05, 4.69) is 20.0 Å². The number of alkyl halides is 2. The van der Waals surface area contributed by atoms with Crippen LogP contribution in [0.2, 0.25) is 0 Å². The van der Waals surface area contributed by atoms with Crippen LogP contribution in [0.25, 0.3) is 11.2 Å². The minimum Gasteiger partial charge on any atom is -0.444 e. The van der Waals surface area contributed by atoms with Crippen molar-refractivity contribution in [2.45, 2.75) is 52.2 Å². The van der Waals surface area contributed by atoms with Gasteiger partial charge in [0.05, 0.1) is 12.4 Å². The fraction of sp³-hybridized carbons (Fsp3) is 0.684. The zero-order chi connectivity index (χ0) is 20.8. The van der Waals surface area contributed by atoms with Crippen LogP contribution in [0.3, 0.4) is 0 Å². The van der Waals surface area contributed by atoms with Crippen molar-refractivity contribution in [3.8, 4) is 0 Å². The number of piperidine rings is 1. The molecule has 1 amide bonds. The highest BCUT2D eigenvalue weighted by Gasteiger charge is 2.47. The van der Waals surface area contributed by atoms with E-state index in [-0.39, 0.29) is 11.5 Å². The van der Waals surface area contributed by atoms with Gasteiger partial charge in [-0.25, -0.2) is 28.2 Å². The molecule has 4 heterocycles. The van der Waals surface area contributed by atoms with Crippen molar-refractivity contribution >= 4 is 23.1 Å². The number of nitrogens with zero attached hydrogens (tertiary/aromatic N) is 6. The average Bonchev–Trinajstić information content (AvgIpc) is 3.00. The highest BCUT2D eigenvalue weighted by molar-refractivity contribution is 5.71. The smallest absolute Gasteiger partial charge is 0.410 e. The SMILES string of the molecule is CC(C)(C)OC(=O)N1CCCC2(C1)CN(c1cnc3cnn(CC(F)F)c3n1)C2. The Balaban J connectivity index is 1.44. The topological polar surface area (TPSA) is 76.4 Å². The van der Waals surface area contributed by atoms with Crippen LogP contribution < -0.4 is 4.90 Å². The third kappa shape index (κ3) is 4.11. The van der Waals surface area contributed by atoms with E-state index in [1.165, 1.54) is 10.9 Å². The number of amides is 1. The second kappa shape index (κ2) is 7.07. The summed E-state index contributed by atoms with van der Waals surface area (Å²) in [6, 6.07) is 0. The minimum atomic E-state index is -2.50. The molecular weight excluding hydrogens is 382 g/mol. The van der Waals surface area contributed by atoms with Crippen molar-refractivity contribution in [2.24, 2.45) is 5.41 Å².